The van der Waals surface area contributed by atoms with Crippen LogP contribution in [-0.2, 0) is 0 Å². The van der Waals surface area contributed by atoms with Crippen molar-refractivity contribution in [1.82, 2.24) is 0 Å². The molecule has 0 heterocycles. The third-order valence-electron chi connectivity index (χ3n) is 2.78. The molecule has 0 amide bonds. The number of phenolic OH excluding ortho intramolecular Hbond substituents is 1. The molecule has 0 unspecified atom stereocenters. The van der Waals surface area contributed by atoms with Crippen LogP contribution in [0.4, 0.5) is 0 Å². The topological polar surface area (TPSA) is 32.6 Å². The van der Waals surface area contributed by atoms with E-state index in [2.05, 4.69) is 36.9 Å². The zero-order chi connectivity index (χ0) is 13.8. The van der Waals surface area contributed by atoms with Crippen LogP contribution in [-0.4, -0.2) is 11.3 Å². The Bertz CT molecular complexity index is 597. The highest BCUT2D eigenvalue weighted by molar-refractivity contribution is 9.11. The third kappa shape index (κ3) is 3.67. The van der Waals surface area contributed by atoms with Crippen molar-refractivity contribution in [3.63, 3.8) is 0 Å². The first-order valence-corrected chi connectivity index (χ1v) is 7.42. The lowest BCUT2D eigenvalue weighted by Crippen LogP contribution is -1.91. The minimum absolute atomic E-state index is 0.0540. The van der Waals surface area contributed by atoms with E-state index < -0.39 is 0 Å². The molecule has 1 atom stereocenters. The molecule has 2 aromatic carbocycles. The summed E-state index contributed by atoms with van der Waals surface area (Å²) in [7, 11) is 0. The summed E-state index contributed by atoms with van der Waals surface area (Å²) in [6, 6.07) is 13.7. The van der Waals surface area contributed by atoms with E-state index in [9.17, 15) is 5.11 Å². The summed E-state index contributed by atoms with van der Waals surface area (Å²) in [5.41, 5.74) is 1.83. The maximum absolute atomic E-state index is 9.95. The fraction of sp³-hybridized carbons (Fsp3) is 0.133. The summed E-state index contributed by atoms with van der Waals surface area (Å²) < 4.78 is 1.54. The Hall–Kier alpha value is -1.13. The molecule has 0 radical (unpaired) electrons. The Labute approximate surface area is 129 Å². The number of aliphatic imine (C=N–C) groups is 1. The number of phenols is 1. The molecular weight excluding hydrogens is 370 g/mol. The van der Waals surface area contributed by atoms with Crippen molar-refractivity contribution in [3.05, 3.63) is 62.5 Å². The lowest BCUT2D eigenvalue weighted by atomic mass is 10.1. The quantitative estimate of drug-likeness (QED) is 0.736. The van der Waals surface area contributed by atoms with Crippen LogP contribution in [0.3, 0.4) is 0 Å². The molecule has 4 heteroatoms. The Kier molecular flexibility index (Phi) is 4.77. The summed E-state index contributed by atoms with van der Waals surface area (Å²) in [5, 5.41) is 9.95. The van der Waals surface area contributed by atoms with Gasteiger partial charge in [0.05, 0.1) is 10.5 Å². The zero-order valence-corrected chi connectivity index (χ0v) is 13.5. The van der Waals surface area contributed by atoms with Gasteiger partial charge < -0.3 is 5.11 Å². The summed E-state index contributed by atoms with van der Waals surface area (Å²) >= 11 is 6.70. The first kappa shape index (κ1) is 14.3. The summed E-state index contributed by atoms with van der Waals surface area (Å²) in [6.45, 7) is 2.02. The van der Waals surface area contributed by atoms with Crippen molar-refractivity contribution in [2.75, 3.05) is 0 Å². The van der Waals surface area contributed by atoms with Crippen LogP contribution in [0, 0.1) is 0 Å². The van der Waals surface area contributed by atoms with E-state index in [-0.39, 0.29) is 11.8 Å². The van der Waals surface area contributed by atoms with Gasteiger partial charge in [-0.2, -0.15) is 0 Å². The predicted octanol–water partition coefficient (Wildman–Crippen LogP) is 5.10. The smallest absolute Gasteiger partial charge is 0.138 e. The molecule has 0 fully saturated rings. The lowest BCUT2D eigenvalue weighted by molar-refractivity contribution is 0.471. The molecule has 0 saturated carbocycles. The number of benzene rings is 2. The van der Waals surface area contributed by atoms with Gasteiger partial charge in [-0.05, 0) is 40.5 Å². The van der Waals surface area contributed by atoms with E-state index >= 15 is 0 Å². The molecule has 0 aliphatic rings. The number of aromatic hydroxyl groups is 1. The zero-order valence-electron chi connectivity index (χ0n) is 10.3. The van der Waals surface area contributed by atoms with Gasteiger partial charge in [-0.25, -0.2) is 0 Å². The summed E-state index contributed by atoms with van der Waals surface area (Å²) in [4.78, 5) is 4.48. The van der Waals surface area contributed by atoms with Crippen LogP contribution in [0.2, 0.25) is 0 Å². The predicted molar refractivity (Wildman–Crippen MR) is 86.0 cm³/mol. The minimum atomic E-state index is 0.0540. The van der Waals surface area contributed by atoms with Gasteiger partial charge in [-0.15, -0.1) is 0 Å². The molecule has 2 aromatic rings. The number of hydrogen-bond donors (Lipinski definition) is 1. The highest BCUT2D eigenvalue weighted by atomic mass is 79.9. The van der Waals surface area contributed by atoms with Crippen molar-refractivity contribution >= 4 is 38.1 Å². The molecule has 0 spiro atoms. The van der Waals surface area contributed by atoms with Gasteiger partial charge in [0.15, 0.2) is 0 Å². The van der Waals surface area contributed by atoms with E-state index in [0.717, 1.165) is 10.0 Å². The summed E-state index contributed by atoms with van der Waals surface area (Å²) in [5.74, 6) is 0.201. The second-order valence-electron chi connectivity index (χ2n) is 4.19. The molecule has 0 saturated heterocycles. The van der Waals surface area contributed by atoms with Crippen LogP contribution in [0.25, 0.3) is 0 Å². The van der Waals surface area contributed by atoms with E-state index in [0.29, 0.717) is 10.0 Å². The van der Waals surface area contributed by atoms with Gasteiger partial charge in [-0.3, -0.25) is 4.99 Å². The molecule has 2 nitrogen and oxygen atoms in total. The molecule has 1 N–H and O–H groups in total. The van der Waals surface area contributed by atoms with Crippen LogP contribution in [0.15, 0.2) is 56.4 Å². The van der Waals surface area contributed by atoms with E-state index in [1.165, 1.54) is 0 Å². The molecule has 0 aliphatic heterocycles. The fourth-order valence-electron chi connectivity index (χ4n) is 1.69. The second kappa shape index (κ2) is 6.35. The van der Waals surface area contributed by atoms with Gasteiger partial charge in [0.2, 0.25) is 0 Å². The minimum Gasteiger partial charge on any atom is -0.506 e. The number of halogens is 2. The number of rotatable bonds is 3. The highest BCUT2D eigenvalue weighted by Crippen LogP contribution is 2.31. The van der Waals surface area contributed by atoms with Crippen molar-refractivity contribution < 1.29 is 5.11 Å². The first-order valence-electron chi connectivity index (χ1n) is 5.84. The standard InChI is InChI=1S/C15H13Br2NO/c1-10(11-5-3-2-4-6-11)18-9-12-7-13(16)8-14(17)15(12)19/h2-10,19H,1H3/t10-/m1/s1. The SMILES string of the molecule is C[C@@H](N=Cc1cc(Br)cc(Br)c1O)c1ccccc1. The normalized spacial score (nSPS) is 12.8. The molecule has 0 aliphatic carbocycles. The van der Waals surface area contributed by atoms with Crippen LogP contribution >= 0.6 is 31.9 Å². The molecular formula is C15H13Br2NO. The Morgan fingerprint density at radius 2 is 1.84 bits per heavy atom. The maximum Gasteiger partial charge on any atom is 0.138 e. The number of nitrogens with zero attached hydrogens (tertiary/aromatic N) is 1. The van der Waals surface area contributed by atoms with E-state index in [1.807, 2.05) is 43.3 Å². The van der Waals surface area contributed by atoms with Crippen molar-refractivity contribution in [2.45, 2.75) is 13.0 Å². The van der Waals surface area contributed by atoms with Gasteiger partial charge in [0, 0.05) is 16.3 Å². The largest absolute Gasteiger partial charge is 0.506 e. The molecule has 19 heavy (non-hydrogen) atoms. The van der Waals surface area contributed by atoms with Gasteiger partial charge in [-0.1, -0.05) is 46.3 Å². The van der Waals surface area contributed by atoms with Crippen molar-refractivity contribution in [1.29, 1.82) is 0 Å². The van der Waals surface area contributed by atoms with Crippen LogP contribution in [0.1, 0.15) is 24.1 Å². The van der Waals surface area contributed by atoms with Crippen molar-refractivity contribution in [3.8, 4) is 5.75 Å². The third-order valence-corrected chi connectivity index (χ3v) is 3.84. The van der Waals surface area contributed by atoms with E-state index in [4.69, 9.17) is 0 Å². The molecule has 98 valence electrons. The van der Waals surface area contributed by atoms with Crippen LogP contribution < -0.4 is 0 Å². The average molecular weight is 383 g/mol. The molecule has 0 bridgehead atoms. The average Bonchev–Trinajstić information content (AvgIpc) is 2.41. The Balaban J connectivity index is 2.24. The first-order chi connectivity index (χ1) is 9.08. The second-order valence-corrected chi connectivity index (χ2v) is 5.96. The highest BCUT2D eigenvalue weighted by Gasteiger charge is 2.06. The Morgan fingerprint density at radius 1 is 1.16 bits per heavy atom. The summed E-state index contributed by atoms with van der Waals surface area (Å²) in [6.07, 6.45) is 1.70. The van der Waals surface area contributed by atoms with Gasteiger partial charge >= 0.3 is 0 Å². The van der Waals surface area contributed by atoms with E-state index in [1.54, 1.807) is 12.3 Å². The molecule has 2 rings (SSSR count). The fourth-order valence-corrected chi connectivity index (χ4v) is 2.95. The van der Waals surface area contributed by atoms with Gasteiger partial charge in [0.25, 0.3) is 0 Å². The monoisotopic (exact) mass is 381 g/mol. The van der Waals surface area contributed by atoms with Gasteiger partial charge in [0.1, 0.15) is 5.75 Å². The molecule has 0 aromatic heterocycles. The van der Waals surface area contributed by atoms with Crippen molar-refractivity contribution in [2.24, 2.45) is 4.99 Å². The lowest BCUT2D eigenvalue weighted by Gasteiger charge is -2.07. The number of hydrogen-bond acceptors (Lipinski definition) is 2. The maximum atomic E-state index is 9.95. The Morgan fingerprint density at radius 3 is 2.53 bits per heavy atom. The van der Waals surface area contributed by atoms with Crippen LogP contribution in [0.5, 0.6) is 5.75 Å².